The first-order valence-electron chi connectivity index (χ1n) is 6.56. The zero-order valence-electron chi connectivity index (χ0n) is 11.7. The summed E-state index contributed by atoms with van der Waals surface area (Å²) in [6, 6.07) is 4.62. The van der Waals surface area contributed by atoms with Crippen molar-refractivity contribution in [1.29, 1.82) is 0 Å². The molecule has 4 nitrogen and oxygen atoms in total. The van der Waals surface area contributed by atoms with Crippen LogP contribution >= 0.6 is 11.3 Å². The second-order valence-electron chi connectivity index (χ2n) is 4.57. The molecule has 2 aromatic rings. The third kappa shape index (κ3) is 3.65. The van der Waals surface area contributed by atoms with Crippen LogP contribution in [0.25, 0.3) is 0 Å². The Balaban J connectivity index is 2.14. The van der Waals surface area contributed by atoms with E-state index in [4.69, 9.17) is 4.74 Å². The van der Waals surface area contributed by atoms with E-state index < -0.39 is 0 Å². The molecule has 2 unspecified atom stereocenters. The van der Waals surface area contributed by atoms with Crippen molar-refractivity contribution in [3.05, 3.63) is 40.6 Å². The van der Waals surface area contributed by atoms with E-state index in [-0.39, 0.29) is 12.1 Å². The average Bonchev–Trinajstić information content (AvgIpc) is 3.05. The first-order chi connectivity index (χ1) is 9.22. The molecule has 0 spiro atoms. The minimum Gasteiger partial charge on any atom is -0.380 e. The summed E-state index contributed by atoms with van der Waals surface area (Å²) in [5.74, 6) is 1.03. The van der Waals surface area contributed by atoms with Gasteiger partial charge >= 0.3 is 0 Å². The molecule has 5 heteroatoms. The Morgan fingerprint density at radius 2 is 2.37 bits per heavy atom. The summed E-state index contributed by atoms with van der Waals surface area (Å²) < 4.78 is 7.54. The van der Waals surface area contributed by atoms with Gasteiger partial charge in [0.15, 0.2) is 0 Å². The maximum atomic E-state index is 5.47. The lowest BCUT2D eigenvalue weighted by molar-refractivity contribution is 0.124. The molecule has 0 amide bonds. The normalized spacial score (nSPS) is 14.5. The van der Waals surface area contributed by atoms with Crippen LogP contribution in [-0.2, 0) is 11.8 Å². The molecule has 2 rings (SSSR count). The fourth-order valence-electron chi connectivity index (χ4n) is 2.02. The van der Waals surface area contributed by atoms with Crippen molar-refractivity contribution in [2.24, 2.45) is 7.05 Å². The number of imidazole rings is 1. The van der Waals surface area contributed by atoms with Gasteiger partial charge < -0.3 is 9.30 Å². The van der Waals surface area contributed by atoms with E-state index >= 15 is 0 Å². The largest absolute Gasteiger partial charge is 0.380 e. The highest BCUT2D eigenvalue weighted by molar-refractivity contribution is 7.10. The summed E-state index contributed by atoms with van der Waals surface area (Å²) in [7, 11) is 2.03. The van der Waals surface area contributed by atoms with Crippen molar-refractivity contribution in [1.82, 2.24) is 14.9 Å². The maximum Gasteiger partial charge on any atom is 0.131 e. The summed E-state index contributed by atoms with van der Waals surface area (Å²) in [5, 5.41) is 5.70. The Morgan fingerprint density at radius 3 is 2.95 bits per heavy atom. The van der Waals surface area contributed by atoms with Crippen LogP contribution in [0.15, 0.2) is 29.9 Å². The fourth-order valence-corrected chi connectivity index (χ4v) is 2.80. The molecule has 2 atom stereocenters. The molecule has 0 aliphatic carbocycles. The Morgan fingerprint density at radius 1 is 1.53 bits per heavy atom. The van der Waals surface area contributed by atoms with Crippen LogP contribution in [-0.4, -0.2) is 28.8 Å². The van der Waals surface area contributed by atoms with Gasteiger partial charge in [-0.3, -0.25) is 5.32 Å². The number of aryl methyl sites for hydroxylation is 1. The highest BCUT2D eigenvalue weighted by atomic mass is 32.1. The molecule has 0 aliphatic rings. The van der Waals surface area contributed by atoms with Crippen molar-refractivity contribution in [3.8, 4) is 0 Å². The molecule has 0 aliphatic heterocycles. The van der Waals surface area contributed by atoms with E-state index in [1.807, 2.05) is 26.4 Å². The van der Waals surface area contributed by atoms with Gasteiger partial charge in [-0.2, -0.15) is 0 Å². The molecular formula is C14H21N3OS. The molecule has 0 saturated carbocycles. The lowest BCUT2D eigenvalue weighted by atomic mass is 10.2. The monoisotopic (exact) mass is 279 g/mol. The molecule has 0 aromatic carbocycles. The van der Waals surface area contributed by atoms with E-state index in [1.165, 1.54) is 4.88 Å². The third-order valence-electron chi connectivity index (χ3n) is 2.97. The van der Waals surface area contributed by atoms with E-state index in [9.17, 15) is 0 Å². The predicted octanol–water partition coefficient (Wildman–Crippen LogP) is 2.59. The van der Waals surface area contributed by atoms with Gasteiger partial charge in [0, 0.05) is 37.0 Å². The van der Waals surface area contributed by atoms with Crippen molar-refractivity contribution in [2.75, 3.05) is 13.2 Å². The Labute approximate surface area is 118 Å². The van der Waals surface area contributed by atoms with Crippen LogP contribution in [0.5, 0.6) is 0 Å². The molecule has 104 valence electrons. The van der Waals surface area contributed by atoms with Crippen LogP contribution in [0, 0.1) is 0 Å². The van der Waals surface area contributed by atoms with Gasteiger partial charge in [0.1, 0.15) is 11.9 Å². The SMILES string of the molecule is CCOCC(C)NC(c1cccs1)c1nccn1C. The lowest BCUT2D eigenvalue weighted by Gasteiger charge is -2.22. The van der Waals surface area contributed by atoms with Gasteiger partial charge in [-0.15, -0.1) is 11.3 Å². The number of nitrogens with zero attached hydrogens (tertiary/aromatic N) is 2. The summed E-state index contributed by atoms with van der Waals surface area (Å²) in [6.07, 6.45) is 3.82. The topological polar surface area (TPSA) is 39.1 Å². The van der Waals surface area contributed by atoms with Crippen molar-refractivity contribution < 1.29 is 4.74 Å². The zero-order valence-corrected chi connectivity index (χ0v) is 12.5. The summed E-state index contributed by atoms with van der Waals surface area (Å²) in [5.41, 5.74) is 0. The quantitative estimate of drug-likeness (QED) is 0.846. The molecule has 2 heterocycles. The number of hydrogen-bond acceptors (Lipinski definition) is 4. The fraction of sp³-hybridized carbons (Fsp3) is 0.500. The van der Waals surface area contributed by atoms with Crippen molar-refractivity contribution in [3.63, 3.8) is 0 Å². The molecule has 0 radical (unpaired) electrons. The molecular weight excluding hydrogens is 258 g/mol. The Bertz CT molecular complexity index is 481. The number of aromatic nitrogens is 2. The molecule has 1 N–H and O–H groups in total. The van der Waals surface area contributed by atoms with Crippen LogP contribution in [0.4, 0.5) is 0 Å². The number of ether oxygens (including phenoxy) is 1. The minimum atomic E-state index is 0.121. The Hall–Kier alpha value is -1.17. The van der Waals surface area contributed by atoms with Gasteiger partial charge in [0.05, 0.1) is 6.61 Å². The molecule has 19 heavy (non-hydrogen) atoms. The molecule has 0 saturated heterocycles. The average molecular weight is 279 g/mol. The highest BCUT2D eigenvalue weighted by Crippen LogP contribution is 2.25. The molecule has 2 aromatic heterocycles. The standard InChI is InChI=1S/C14H21N3OS/c1-4-18-10-11(2)16-13(12-6-5-9-19-12)14-15-7-8-17(14)3/h5-9,11,13,16H,4,10H2,1-3H3. The van der Waals surface area contributed by atoms with Crippen LogP contribution in [0.1, 0.15) is 30.6 Å². The Kier molecular flexibility index (Phi) is 5.13. The first-order valence-corrected chi connectivity index (χ1v) is 7.44. The minimum absolute atomic E-state index is 0.121. The van der Waals surface area contributed by atoms with E-state index in [1.54, 1.807) is 11.3 Å². The summed E-state index contributed by atoms with van der Waals surface area (Å²) in [6.45, 7) is 5.61. The molecule has 0 bridgehead atoms. The van der Waals surface area contributed by atoms with Crippen molar-refractivity contribution >= 4 is 11.3 Å². The number of rotatable bonds is 7. The van der Waals surface area contributed by atoms with E-state index in [2.05, 4.69) is 39.3 Å². The van der Waals surface area contributed by atoms with Crippen molar-refractivity contribution in [2.45, 2.75) is 25.9 Å². The van der Waals surface area contributed by atoms with Gasteiger partial charge in [-0.1, -0.05) is 6.07 Å². The highest BCUT2D eigenvalue weighted by Gasteiger charge is 2.21. The lowest BCUT2D eigenvalue weighted by Crippen LogP contribution is -2.35. The van der Waals surface area contributed by atoms with Crippen LogP contribution in [0.2, 0.25) is 0 Å². The second-order valence-corrected chi connectivity index (χ2v) is 5.55. The zero-order chi connectivity index (χ0) is 13.7. The van der Waals surface area contributed by atoms with Crippen LogP contribution in [0.3, 0.4) is 0 Å². The number of thiophene rings is 1. The second kappa shape index (κ2) is 6.84. The van der Waals surface area contributed by atoms with Gasteiger partial charge in [0.2, 0.25) is 0 Å². The summed E-state index contributed by atoms with van der Waals surface area (Å²) in [4.78, 5) is 5.75. The summed E-state index contributed by atoms with van der Waals surface area (Å²) >= 11 is 1.75. The smallest absolute Gasteiger partial charge is 0.131 e. The van der Waals surface area contributed by atoms with E-state index in [0.29, 0.717) is 6.61 Å². The maximum absolute atomic E-state index is 5.47. The van der Waals surface area contributed by atoms with E-state index in [0.717, 1.165) is 12.4 Å². The first kappa shape index (κ1) is 14.2. The van der Waals surface area contributed by atoms with Gasteiger partial charge in [-0.25, -0.2) is 4.98 Å². The third-order valence-corrected chi connectivity index (χ3v) is 3.90. The predicted molar refractivity (Wildman–Crippen MR) is 78.5 cm³/mol. The van der Waals surface area contributed by atoms with Gasteiger partial charge in [-0.05, 0) is 25.3 Å². The number of hydrogen-bond donors (Lipinski definition) is 1. The van der Waals surface area contributed by atoms with Crippen LogP contribution < -0.4 is 5.32 Å². The number of nitrogens with one attached hydrogen (secondary N) is 1. The van der Waals surface area contributed by atoms with Gasteiger partial charge in [0.25, 0.3) is 0 Å². The molecule has 0 fully saturated rings.